The van der Waals surface area contributed by atoms with Gasteiger partial charge in [-0.3, -0.25) is 14.2 Å². The molecule has 1 fully saturated rings. The number of hydrogen-bond donors (Lipinski definition) is 0. The van der Waals surface area contributed by atoms with Crippen molar-refractivity contribution in [3.05, 3.63) is 75.6 Å². The molecule has 5 rings (SSSR count). The van der Waals surface area contributed by atoms with Crippen molar-refractivity contribution in [2.45, 2.75) is 82.7 Å². The monoisotopic (exact) mass is 529 g/mol. The van der Waals surface area contributed by atoms with Crippen molar-refractivity contribution >= 4 is 17.7 Å². The normalized spacial score (nSPS) is 15.7. The van der Waals surface area contributed by atoms with Crippen molar-refractivity contribution in [1.82, 2.24) is 14.5 Å². The first-order chi connectivity index (χ1) is 18.5. The molecule has 1 saturated carbocycles. The van der Waals surface area contributed by atoms with Crippen LogP contribution in [-0.2, 0) is 16.6 Å². The number of benzene rings is 2. The quantitative estimate of drug-likeness (QED) is 0.240. The van der Waals surface area contributed by atoms with E-state index < -0.39 is 0 Å². The molecule has 1 amide bonds. The Labute approximate surface area is 230 Å². The van der Waals surface area contributed by atoms with Crippen LogP contribution in [-0.4, -0.2) is 39.2 Å². The van der Waals surface area contributed by atoms with Crippen LogP contribution in [0.1, 0.15) is 75.5 Å². The summed E-state index contributed by atoms with van der Waals surface area (Å²) in [6.45, 7) is 7.76. The lowest BCUT2D eigenvalue weighted by Gasteiger charge is -2.42. The Balaban J connectivity index is 1.66. The first kappa shape index (κ1) is 26.7. The first-order valence-corrected chi connectivity index (χ1v) is 15.2. The van der Waals surface area contributed by atoms with Gasteiger partial charge in [-0.2, -0.15) is 0 Å². The summed E-state index contributed by atoms with van der Waals surface area (Å²) in [5.41, 5.74) is 5.88. The zero-order valence-corrected chi connectivity index (χ0v) is 23.8. The van der Waals surface area contributed by atoms with E-state index in [1.807, 2.05) is 35.2 Å². The lowest BCUT2D eigenvalue weighted by atomic mass is 9.62. The minimum atomic E-state index is -0.170. The minimum Gasteiger partial charge on any atom is -0.342 e. The molecule has 0 bridgehead atoms. The summed E-state index contributed by atoms with van der Waals surface area (Å²) in [5.74, 6) is 0.370. The molecule has 0 saturated heterocycles. The van der Waals surface area contributed by atoms with Crippen molar-refractivity contribution in [2.75, 3.05) is 18.8 Å². The van der Waals surface area contributed by atoms with E-state index in [4.69, 9.17) is 4.98 Å². The molecule has 0 unspecified atom stereocenters. The second kappa shape index (κ2) is 11.5. The van der Waals surface area contributed by atoms with Crippen molar-refractivity contribution < 1.29 is 4.79 Å². The van der Waals surface area contributed by atoms with Crippen LogP contribution < -0.4 is 5.56 Å². The van der Waals surface area contributed by atoms with Gasteiger partial charge in [0.25, 0.3) is 5.56 Å². The smallest absolute Gasteiger partial charge is 0.263 e. The molecular weight excluding hydrogens is 490 g/mol. The highest BCUT2D eigenvalue weighted by Gasteiger charge is 2.43. The third kappa shape index (κ3) is 5.07. The molecule has 0 aliphatic heterocycles. The first-order valence-electron chi connectivity index (χ1n) is 14.2. The molecule has 2 aliphatic carbocycles. The Hall–Kier alpha value is -2.86. The van der Waals surface area contributed by atoms with E-state index in [1.54, 1.807) is 4.57 Å². The Kier molecular flexibility index (Phi) is 8.08. The number of aryl methyl sites for hydroxylation is 1. The molecule has 2 aliphatic rings. The summed E-state index contributed by atoms with van der Waals surface area (Å²) >= 11 is 1.39. The van der Waals surface area contributed by atoms with Gasteiger partial charge in [0.05, 0.1) is 22.7 Å². The third-order valence-electron chi connectivity index (χ3n) is 8.15. The Morgan fingerprint density at radius 2 is 1.68 bits per heavy atom. The van der Waals surface area contributed by atoms with Gasteiger partial charge in [0.15, 0.2) is 5.16 Å². The molecule has 0 atom stereocenters. The molecule has 1 heterocycles. The van der Waals surface area contributed by atoms with Crippen molar-refractivity contribution in [2.24, 2.45) is 0 Å². The molecule has 200 valence electrons. The number of rotatable bonds is 8. The Morgan fingerprint density at radius 1 is 1.00 bits per heavy atom. The van der Waals surface area contributed by atoms with Crippen LogP contribution in [0.5, 0.6) is 0 Å². The fourth-order valence-corrected chi connectivity index (χ4v) is 7.23. The van der Waals surface area contributed by atoms with Crippen LogP contribution in [0.4, 0.5) is 0 Å². The molecule has 3 aromatic rings. The summed E-state index contributed by atoms with van der Waals surface area (Å²) in [6.07, 6.45) is 8.30. The van der Waals surface area contributed by atoms with Crippen molar-refractivity contribution in [1.29, 1.82) is 0 Å². The average Bonchev–Trinajstić information content (AvgIpc) is 2.92. The number of carbonyl (C=O) groups is 1. The molecule has 0 N–H and O–H groups in total. The maximum Gasteiger partial charge on any atom is 0.263 e. The van der Waals surface area contributed by atoms with E-state index in [0.29, 0.717) is 5.16 Å². The van der Waals surface area contributed by atoms with Crippen LogP contribution in [0.15, 0.2) is 58.5 Å². The number of nitrogens with zero attached hydrogens (tertiary/aromatic N) is 3. The van der Waals surface area contributed by atoms with E-state index in [0.717, 1.165) is 86.1 Å². The standard InChI is InChI=1S/C32H39N3O2S/c1-4-19-34(20-5-2)27(36)22-38-31-33-29-26-12-8-7-11-24(26)21-32(17-9-6-10-18-32)28(29)30(37)35(31)25-15-13-23(3)14-16-25/h7-8,11-16H,4-6,9-10,17-22H2,1-3H3. The number of amides is 1. The Bertz CT molecular complexity index is 1350. The molecular formula is C32H39N3O2S. The maximum absolute atomic E-state index is 14.6. The highest BCUT2D eigenvalue weighted by Crippen LogP contribution is 2.49. The van der Waals surface area contributed by atoms with Crippen LogP contribution >= 0.6 is 11.8 Å². The molecule has 1 aromatic heterocycles. The molecule has 5 nitrogen and oxygen atoms in total. The summed E-state index contributed by atoms with van der Waals surface area (Å²) in [4.78, 5) is 35.0. The van der Waals surface area contributed by atoms with Crippen molar-refractivity contribution in [3.63, 3.8) is 0 Å². The van der Waals surface area contributed by atoms with E-state index in [1.165, 1.54) is 23.7 Å². The minimum absolute atomic E-state index is 0.0316. The van der Waals surface area contributed by atoms with Gasteiger partial charge in [0, 0.05) is 24.1 Å². The van der Waals surface area contributed by atoms with Crippen LogP contribution in [0, 0.1) is 6.92 Å². The topological polar surface area (TPSA) is 55.2 Å². The predicted octanol–water partition coefficient (Wildman–Crippen LogP) is 6.71. The van der Waals surface area contributed by atoms with Crippen molar-refractivity contribution in [3.8, 4) is 16.9 Å². The summed E-state index contributed by atoms with van der Waals surface area (Å²) < 4.78 is 1.78. The summed E-state index contributed by atoms with van der Waals surface area (Å²) in [7, 11) is 0. The number of fused-ring (bicyclic) bond motifs is 4. The van der Waals surface area contributed by atoms with Gasteiger partial charge >= 0.3 is 0 Å². The molecule has 0 radical (unpaired) electrons. The fraction of sp³-hybridized carbons (Fsp3) is 0.469. The lowest BCUT2D eigenvalue weighted by molar-refractivity contribution is -0.128. The van der Waals surface area contributed by atoms with Crippen LogP contribution in [0.25, 0.3) is 16.9 Å². The number of aromatic nitrogens is 2. The van der Waals surface area contributed by atoms with Gasteiger partial charge in [-0.25, -0.2) is 4.98 Å². The molecule has 38 heavy (non-hydrogen) atoms. The fourth-order valence-electron chi connectivity index (χ4n) is 6.33. The van der Waals surface area contributed by atoms with Crippen LogP contribution in [0.3, 0.4) is 0 Å². The van der Waals surface area contributed by atoms with E-state index in [9.17, 15) is 9.59 Å². The largest absolute Gasteiger partial charge is 0.342 e. The predicted molar refractivity (Wildman–Crippen MR) is 156 cm³/mol. The van der Waals surface area contributed by atoms with Gasteiger partial charge in [-0.15, -0.1) is 0 Å². The van der Waals surface area contributed by atoms with Gasteiger partial charge in [0.2, 0.25) is 5.91 Å². The second-order valence-electron chi connectivity index (χ2n) is 10.9. The van der Waals surface area contributed by atoms with Gasteiger partial charge in [-0.05, 0) is 56.7 Å². The number of thioether (sulfide) groups is 1. The summed E-state index contributed by atoms with van der Waals surface area (Å²) in [5, 5.41) is 0.599. The zero-order chi connectivity index (χ0) is 26.7. The van der Waals surface area contributed by atoms with Crippen LogP contribution in [0.2, 0.25) is 0 Å². The molecule has 1 spiro atoms. The van der Waals surface area contributed by atoms with E-state index in [2.05, 4.69) is 39.0 Å². The number of hydrogen-bond acceptors (Lipinski definition) is 4. The SMILES string of the molecule is CCCN(CCC)C(=O)CSc1nc2c(c(=O)n1-c1ccc(C)cc1)C1(CCCCC1)Cc1ccccc1-2. The van der Waals surface area contributed by atoms with Gasteiger partial charge in [-0.1, -0.05) is 86.8 Å². The highest BCUT2D eigenvalue weighted by molar-refractivity contribution is 7.99. The summed E-state index contributed by atoms with van der Waals surface area (Å²) in [6, 6.07) is 16.5. The highest BCUT2D eigenvalue weighted by atomic mass is 32.2. The zero-order valence-electron chi connectivity index (χ0n) is 23.0. The molecule has 6 heteroatoms. The van der Waals surface area contributed by atoms with E-state index in [-0.39, 0.29) is 22.6 Å². The Morgan fingerprint density at radius 3 is 2.37 bits per heavy atom. The third-order valence-corrected chi connectivity index (χ3v) is 9.07. The molecule has 2 aromatic carbocycles. The maximum atomic E-state index is 14.6. The van der Waals surface area contributed by atoms with Gasteiger partial charge < -0.3 is 4.90 Å². The lowest BCUT2D eigenvalue weighted by Crippen LogP contribution is -2.43. The second-order valence-corrected chi connectivity index (χ2v) is 11.9. The van der Waals surface area contributed by atoms with Gasteiger partial charge in [0.1, 0.15) is 0 Å². The number of carbonyl (C=O) groups excluding carboxylic acids is 1. The average molecular weight is 530 g/mol. The van der Waals surface area contributed by atoms with E-state index >= 15 is 0 Å².